The number of piperazine rings is 1. The summed E-state index contributed by atoms with van der Waals surface area (Å²) in [5.74, 6) is 0.568. The third-order valence-electron chi connectivity index (χ3n) is 3.95. The van der Waals surface area contributed by atoms with Crippen molar-refractivity contribution in [3.8, 4) is 0 Å². The van der Waals surface area contributed by atoms with Gasteiger partial charge in [0, 0.05) is 39.3 Å². The topological polar surface area (TPSA) is 44.8 Å². The van der Waals surface area contributed by atoms with Gasteiger partial charge >= 0.3 is 0 Å². The van der Waals surface area contributed by atoms with Gasteiger partial charge in [0.25, 0.3) is 0 Å². The third kappa shape index (κ3) is 6.70. The van der Waals surface area contributed by atoms with Gasteiger partial charge in [-0.25, -0.2) is 0 Å². The standard InChI is InChI=1S/C14H27N3O2.2ClH/c1-12(2)19-10-9-16-5-7-17(8-6-16)14(18)13-3-4-15-11-13;;/h12-13,15H,3-11H2,1-2H3;2*1H. The molecule has 0 aliphatic carbocycles. The van der Waals surface area contributed by atoms with Gasteiger partial charge < -0.3 is 15.0 Å². The third-order valence-corrected chi connectivity index (χ3v) is 3.95. The van der Waals surface area contributed by atoms with Crippen molar-refractivity contribution >= 4 is 30.7 Å². The summed E-state index contributed by atoms with van der Waals surface area (Å²) >= 11 is 0. The number of carbonyl (C=O) groups is 1. The summed E-state index contributed by atoms with van der Waals surface area (Å²) in [6.45, 7) is 11.4. The fraction of sp³-hybridized carbons (Fsp3) is 0.929. The van der Waals surface area contributed by atoms with Gasteiger partial charge in [-0.1, -0.05) is 0 Å². The minimum Gasteiger partial charge on any atom is -0.377 e. The lowest BCUT2D eigenvalue weighted by atomic mass is 10.1. The summed E-state index contributed by atoms with van der Waals surface area (Å²) in [5.41, 5.74) is 0. The fourth-order valence-corrected chi connectivity index (χ4v) is 2.73. The molecular weight excluding hydrogens is 313 g/mol. The highest BCUT2D eigenvalue weighted by atomic mass is 35.5. The summed E-state index contributed by atoms with van der Waals surface area (Å²) in [7, 11) is 0. The zero-order valence-electron chi connectivity index (χ0n) is 13.0. The number of nitrogens with one attached hydrogen (secondary N) is 1. The molecule has 21 heavy (non-hydrogen) atoms. The summed E-state index contributed by atoms with van der Waals surface area (Å²) in [6, 6.07) is 0. The maximum Gasteiger partial charge on any atom is 0.227 e. The molecule has 2 aliphatic rings. The van der Waals surface area contributed by atoms with Gasteiger partial charge in [-0.2, -0.15) is 0 Å². The summed E-state index contributed by atoms with van der Waals surface area (Å²) in [5, 5.41) is 3.27. The van der Waals surface area contributed by atoms with Crippen molar-refractivity contribution in [3.63, 3.8) is 0 Å². The molecule has 0 aromatic carbocycles. The SMILES string of the molecule is CC(C)OCCN1CCN(C(=O)C2CCNC2)CC1.Cl.Cl. The molecule has 7 heteroatoms. The molecule has 2 heterocycles. The van der Waals surface area contributed by atoms with Crippen LogP contribution in [0.1, 0.15) is 20.3 Å². The summed E-state index contributed by atoms with van der Waals surface area (Å²) in [4.78, 5) is 16.7. The van der Waals surface area contributed by atoms with Crippen molar-refractivity contribution in [1.29, 1.82) is 0 Å². The molecule has 2 rings (SSSR count). The number of amides is 1. The smallest absolute Gasteiger partial charge is 0.227 e. The van der Waals surface area contributed by atoms with Crippen LogP contribution in [0.25, 0.3) is 0 Å². The average Bonchev–Trinajstić information content (AvgIpc) is 2.92. The maximum atomic E-state index is 12.3. The average molecular weight is 342 g/mol. The highest BCUT2D eigenvalue weighted by molar-refractivity contribution is 5.85. The Bertz CT molecular complexity index is 292. The fourth-order valence-electron chi connectivity index (χ4n) is 2.73. The second-order valence-electron chi connectivity index (χ2n) is 5.78. The Kier molecular flexibility index (Phi) is 10.6. The lowest BCUT2D eigenvalue weighted by molar-refractivity contribution is -0.136. The van der Waals surface area contributed by atoms with Crippen LogP contribution in [0.3, 0.4) is 0 Å². The van der Waals surface area contributed by atoms with E-state index >= 15 is 0 Å². The number of nitrogens with zero attached hydrogens (tertiary/aromatic N) is 2. The van der Waals surface area contributed by atoms with Crippen molar-refractivity contribution in [1.82, 2.24) is 15.1 Å². The van der Waals surface area contributed by atoms with Gasteiger partial charge in [-0.3, -0.25) is 9.69 Å². The first kappa shape index (κ1) is 20.9. The highest BCUT2D eigenvalue weighted by Gasteiger charge is 2.29. The predicted molar refractivity (Wildman–Crippen MR) is 89.6 cm³/mol. The van der Waals surface area contributed by atoms with Crippen molar-refractivity contribution < 1.29 is 9.53 Å². The Morgan fingerprint density at radius 1 is 1.24 bits per heavy atom. The lowest BCUT2D eigenvalue weighted by Crippen LogP contribution is -2.51. The summed E-state index contributed by atoms with van der Waals surface area (Å²) < 4.78 is 5.57. The molecule has 0 saturated carbocycles. The first-order valence-corrected chi connectivity index (χ1v) is 7.50. The number of ether oxygens (including phenoxy) is 1. The Balaban J connectivity index is 0.00000200. The number of hydrogen-bond acceptors (Lipinski definition) is 4. The first-order valence-electron chi connectivity index (χ1n) is 7.50. The minimum atomic E-state index is 0. The van der Waals surface area contributed by atoms with E-state index in [2.05, 4.69) is 24.1 Å². The monoisotopic (exact) mass is 341 g/mol. The van der Waals surface area contributed by atoms with Gasteiger partial charge in [0.05, 0.1) is 18.6 Å². The Labute approximate surface area is 140 Å². The van der Waals surface area contributed by atoms with E-state index in [9.17, 15) is 4.79 Å². The molecule has 2 fully saturated rings. The van der Waals surface area contributed by atoms with Crippen LogP contribution >= 0.6 is 24.8 Å². The van der Waals surface area contributed by atoms with Crippen molar-refractivity contribution in [2.75, 3.05) is 52.4 Å². The van der Waals surface area contributed by atoms with Crippen LogP contribution in [0.4, 0.5) is 0 Å². The largest absolute Gasteiger partial charge is 0.377 e. The van der Waals surface area contributed by atoms with Gasteiger partial charge in [0.15, 0.2) is 0 Å². The highest BCUT2D eigenvalue weighted by Crippen LogP contribution is 2.13. The Hall–Kier alpha value is -0.0700. The maximum absolute atomic E-state index is 12.3. The molecule has 1 amide bonds. The molecule has 2 aliphatic heterocycles. The molecule has 5 nitrogen and oxygen atoms in total. The van der Waals surface area contributed by atoms with E-state index in [0.29, 0.717) is 12.0 Å². The van der Waals surface area contributed by atoms with E-state index in [1.54, 1.807) is 0 Å². The van der Waals surface area contributed by atoms with Crippen molar-refractivity contribution in [3.05, 3.63) is 0 Å². The van der Waals surface area contributed by atoms with Crippen molar-refractivity contribution in [2.24, 2.45) is 5.92 Å². The number of rotatable bonds is 5. The second kappa shape index (κ2) is 10.6. The second-order valence-corrected chi connectivity index (χ2v) is 5.78. The normalized spacial score (nSPS) is 22.8. The number of hydrogen-bond donors (Lipinski definition) is 1. The molecular formula is C14H29Cl2N3O2. The molecule has 0 aromatic rings. The molecule has 0 radical (unpaired) electrons. The zero-order chi connectivity index (χ0) is 13.7. The predicted octanol–water partition coefficient (Wildman–Crippen LogP) is 1.01. The first-order chi connectivity index (χ1) is 9.16. The molecule has 0 spiro atoms. The van der Waals surface area contributed by atoms with E-state index in [1.807, 2.05) is 4.90 Å². The van der Waals surface area contributed by atoms with Crippen molar-refractivity contribution in [2.45, 2.75) is 26.4 Å². The molecule has 1 atom stereocenters. The molecule has 2 saturated heterocycles. The number of halogens is 2. The van der Waals surface area contributed by atoms with Crippen LogP contribution in [0.15, 0.2) is 0 Å². The van der Waals surface area contributed by atoms with Gasteiger partial charge in [0.1, 0.15) is 0 Å². The van der Waals surface area contributed by atoms with Crippen LogP contribution in [0.5, 0.6) is 0 Å². The van der Waals surface area contributed by atoms with E-state index < -0.39 is 0 Å². The molecule has 0 aromatic heterocycles. The van der Waals surface area contributed by atoms with E-state index in [1.165, 1.54) is 0 Å². The van der Waals surface area contributed by atoms with Crippen LogP contribution in [-0.4, -0.2) is 74.2 Å². The van der Waals surface area contributed by atoms with E-state index in [-0.39, 0.29) is 30.7 Å². The van der Waals surface area contributed by atoms with Gasteiger partial charge in [-0.15, -0.1) is 24.8 Å². The van der Waals surface area contributed by atoms with Crippen LogP contribution in [0, 0.1) is 5.92 Å². The molecule has 1 N–H and O–H groups in total. The summed E-state index contributed by atoms with van der Waals surface area (Å²) in [6.07, 6.45) is 1.30. The van der Waals surface area contributed by atoms with Gasteiger partial charge in [-0.05, 0) is 26.8 Å². The molecule has 0 bridgehead atoms. The Morgan fingerprint density at radius 2 is 1.90 bits per heavy atom. The quantitative estimate of drug-likeness (QED) is 0.810. The minimum absolute atomic E-state index is 0. The van der Waals surface area contributed by atoms with E-state index in [4.69, 9.17) is 4.74 Å². The lowest BCUT2D eigenvalue weighted by Gasteiger charge is -2.35. The number of carbonyl (C=O) groups excluding carboxylic acids is 1. The molecule has 126 valence electrons. The van der Waals surface area contributed by atoms with Crippen LogP contribution in [-0.2, 0) is 9.53 Å². The van der Waals surface area contributed by atoms with E-state index in [0.717, 1.165) is 58.8 Å². The Morgan fingerprint density at radius 3 is 2.43 bits per heavy atom. The van der Waals surface area contributed by atoms with Gasteiger partial charge in [0.2, 0.25) is 5.91 Å². The molecule has 1 unspecified atom stereocenters. The van der Waals surface area contributed by atoms with Crippen LogP contribution < -0.4 is 5.32 Å². The van der Waals surface area contributed by atoms with Crippen LogP contribution in [0.2, 0.25) is 0 Å². The zero-order valence-corrected chi connectivity index (χ0v) is 14.7.